The van der Waals surface area contributed by atoms with Crippen molar-refractivity contribution in [3.05, 3.63) is 28.7 Å². The van der Waals surface area contributed by atoms with Crippen LogP contribution in [0.25, 0.3) is 0 Å². The molecule has 2 rings (SSSR count). The van der Waals surface area contributed by atoms with Gasteiger partial charge >= 0.3 is 0 Å². The molecular weight excluding hydrogens is 292 g/mol. The number of hydrogen-bond acceptors (Lipinski definition) is 3. The normalized spacial score (nSPS) is 28.1. The summed E-state index contributed by atoms with van der Waals surface area (Å²) in [5, 5.41) is 3.61. The zero-order valence-corrected chi connectivity index (χ0v) is 12.4. The van der Waals surface area contributed by atoms with Gasteiger partial charge in [-0.3, -0.25) is 0 Å². The van der Waals surface area contributed by atoms with Crippen LogP contribution < -0.4 is 11.1 Å². The molecule has 3 nitrogen and oxygen atoms in total. The first-order valence-electron chi connectivity index (χ1n) is 6.44. The number of nitrogens with two attached hydrogens (primary N) is 1. The average Bonchev–Trinajstić information content (AvgIpc) is 2.42. The lowest BCUT2D eigenvalue weighted by Crippen LogP contribution is -2.49. The molecule has 1 saturated carbocycles. The van der Waals surface area contributed by atoms with Gasteiger partial charge in [0.25, 0.3) is 0 Å². The van der Waals surface area contributed by atoms with E-state index in [1.807, 2.05) is 12.1 Å². The highest BCUT2D eigenvalue weighted by atomic mass is 79.9. The second-order valence-electron chi connectivity index (χ2n) is 5.05. The van der Waals surface area contributed by atoms with Crippen molar-refractivity contribution in [3.8, 4) is 0 Å². The molecule has 4 heteroatoms. The van der Waals surface area contributed by atoms with Crippen LogP contribution in [0.3, 0.4) is 0 Å². The Morgan fingerprint density at radius 2 is 1.94 bits per heavy atom. The van der Waals surface area contributed by atoms with Crippen molar-refractivity contribution in [3.63, 3.8) is 0 Å². The standard InChI is InChI=1S/C14H21BrN2O/c1-18-13-6-8-14(10-16,9-7-13)17-12-4-2-11(15)3-5-12/h2-5,13,17H,6-10,16H2,1H3. The van der Waals surface area contributed by atoms with Crippen LogP contribution in [0.1, 0.15) is 25.7 Å². The van der Waals surface area contributed by atoms with E-state index in [0.717, 1.165) is 35.8 Å². The number of nitrogens with one attached hydrogen (secondary N) is 1. The number of methoxy groups -OCH3 is 1. The molecule has 1 aliphatic carbocycles. The zero-order chi connectivity index (χ0) is 13.0. The summed E-state index contributed by atoms with van der Waals surface area (Å²) in [7, 11) is 1.79. The molecule has 0 aliphatic heterocycles. The molecule has 1 aromatic rings. The third-order valence-electron chi connectivity index (χ3n) is 3.87. The third-order valence-corrected chi connectivity index (χ3v) is 4.40. The first kappa shape index (κ1) is 13.8. The molecule has 0 radical (unpaired) electrons. The fraction of sp³-hybridized carbons (Fsp3) is 0.571. The number of benzene rings is 1. The van der Waals surface area contributed by atoms with Crippen molar-refractivity contribution in [2.75, 3.05) is 19.0 Å². The number of anilines is 1. The van der Waals surface area contributed by atoms with E-state index in [2.05, 4.69) is 33.4 Å². The predicted molar refractivity (Wildman–Crippen MR) is 78.8 cm³/mol. The average molecular weight is 313 g/mol. The first-order chi connectivity index (χ1) is 8.67. The fourth-order valence-corrected chi connectivity index (χ4v) is 2.86. The van der Waals surface area contributed by atoms with Gasteiger partial charge in [0.1, 0.15) is 0 Å². The van der Waals surface area contributed by atoms with Gasteiger partial charge in [0.15, 0.2) is 0 Å². The van der Waals surface area contributed by atoms with Crippen molar-refractivity contribution < 1.29 is 4.74 Å². The smallest absolute Gasteiger partial charge is 0.0573 e. The Bertz CT molecular complexity index is 372. The molecule has 0 heterocycles. The van der Waals surface area contributed by atoms with E-state index in [4.69, 9.17) is 10.5 Å². The molecule has 18 heavy (non-hydrogen) atoms. The second kappa shape index (κ2) is 6.04. The van der Waals surface area contributed by atoms with E-state index >= 15 is 0 Å². The molecule has 0 atom stereocenters. The first-order valence-corrected chi connectivity index (χ1v) is 7.23. The molecule has 0 saturated heterocycles. The van der Waals surface area contributed by atoms with Gasteiger partial charge in [-0.2, -0.15) is 0 Å². The molecule has 0 unspecified atom stereocenters. The molecule has 0 amide bonds. The van der Waals surface area contributed by atoms with E-state index in [-0.39, 0.29) is 5.54 Å². The lowest BCUT2D eigenvalue weighted by molar-refractivity contribution is 0.0550. The molecule has 1 fully saturated rings. The van der Waals surface area contributed by atoms with Crippen LogP contribution in [0.5, 0.6) is 0 Å². The van der Waals surface area contributed by atoms with E-state index in [9.17, 15) is 0 Å². The highest BCUT2D eigenvalue weighted by Crippen LogP contribution is 2.32. The van der Waals surface area contributed by atoms with Gasteiger partial charge in [-0.25, -0.2) is 0 Å². The molecule has 1 aromatic carbocycles. The number of hydrogen-bond donors (Lipinski definition) is 2. The second-order valence-corrected chi connectivity index (χ2v) is 5.97. The predicted octanol–water partition coefficient (Wildman–Crippen LogP) is 3.15. The van der Waals surface area contributed by atoms with Crippen molar-refractivity contribution in [2.24, 2.45) is 5.73 Å². The summed E-state index contributed by atoms with van der Waals surface area (Å²) in [6.07, 6.45) is 4.70. The SMILES string of the molecule is COC1CCC(CN)(Nc2ccc(Br)cc2)CC1. The monoisotopic (exact) mass is 312 g/mol. The van der Waals surface area contributed by atoms with E-state index < -0.39 is 0 Å². The van der Waals surface area contributed by atoms with Crippen LogP contribution in [0.15, 0.2) is 28.7 Å². The van der Waals surface area contributed by atoms with Crippen LogP contribution >= 0.6 is 15.9 Å². The minimum absolute atomic E-state index is 0.0306. The minimum Gasteiger partial charge on any atom is -0.381 e. The minimum atomic E-state index is 0.0306. The Hall–Kier alpha value is -0.580. The maximum atomic E-state index is 5.99. The largest absolute Gasteiger partial charge is 0.381 e. The maximum absolute atomic E-state index is 5.99. The summed E-state index contributed by atoms with van der Waals surface area (Å²) in [6, 6.07) is 8.27. The quantitative estimate of drug-likeness (QED) is 0.898. The van der Waals surface area contributed by atoms with E-state index in [1.165, 1.54) is 0 Å². The molecule has 100 valence electrons. The van der Waals surface area contributed by atoms with Crippen LogP contribution in [0, 0.1) is 0 Å². The number of ether oxygens (including phenoxy) is 1. The Morgan fingerprint density at radius 1 is 1.33 bits per heavy atom. The highest BCUT2D eigenvalue weighted by molar-refractivity contribution is 9.10. The topological polar surface area (TPSA) is 47.3 Å². The Balaban J connectivity index is 2.03. The lowest BCUT2D eigenvalue weighted by atomic mass is 9.80. The van der Waals surface area contributed by atoms with Gasteiger partial charge in [-0.1, -0.05) is 15.9 Å². The van der Waals surface area contributed by atoms with Crippen molar-refractivity contribution in [2.45, 2.75) is 37.3 Å². The molecule has 0 aromatic heterocycles. The van der Waals surface area contributed by atoms with E-state index in [1.54, 1.807) is 7.11 Å². The van der Waals surface area contributed by atoms with Gasteiger partial charge in [-0.05, 0) is 49.9 Å². The highest BCUT2D eigenvalue weighted by Gasteiger charge is 2.34. The summed E-state index contributed by atoms with van der Waals surface area (Å²) in [5.41, 5.74) is 7.16. The summed E-state index contributed by atoms with van der Waals surface area (Å²) < 4.78 is 6.52. The zero-order valence-electron chi connectivity index (χ0n) is 10.8. The van der Waals surface area contributed by atoms with Crippen LogP contribution in [0.4, 0.5) is 5.69 Å². The van der Waals surface area contributed by atoms with Crippen molar-refractivity contribution in [1.29, 1.82) is 0 Å². The lowest BCUT2D eigenvalue weighted by Gasteiger charge is -2.40. The number of halogens is 1. The Labute approximate surface area is 117 Å². The summed E-state index contributed by atoms with van der Waals surface area (Å²) >= 11 is 3.45. The maximum Gasteiger partial charge on any atom is 0.0573 e. The molecule has 0 spiro atoms. The van der Waals surface area contributed by atoms with Gasteiger partial charge < -0.3 is 15.8 Å². The van der Waals surface area contributed by atoms with Crippen LogP contribution in [0.2, 0.25) is 0 Å². The molecule has 1 aliphatic rings. The molecule has 3 N–H and O–H groups in total. The Morgan fingerprint density at radius 3 is 2.44 bits per heavy atom. The molecular formula is C14H21BrN2O. The van der Waals surface area contributed by atoms with Crippen LogP contribution in [-0.4, -0.2) is 25.3 Å². The van der Waals surface area contributed by atoms with Gasteiger partial charge in [0.05, 0.1) is 6.10 Å². The number of rotatable bonds is 4. The van der Waals surface area contributed by atoms with Gasteiger partial charge in [-0.15, -0.1) is 0 Å². The third kappa shape index (κ3) is 3.25. The summed E-state index contributed by atoms with van der Waals surface area (Å²) in [6.45, 7) is 0.666. The summed E-state index contributed by atoms with van der Waals surface area (Å²) in [4.78, 5) is 0. The van der Waals surface area contributed by atoms with Gasteiger partial charge in [0.2, 0.25) is 0 Å². The fourth-order valence-electron chi connectivity index (χ4n) is 2.60. The van der Waals surface area contributed by atoms with Crippen LogP contribution in [-0.2, 0) is 4.74 Å². The van der Waals surface area contributed by atoms with Crippen molar-refractivity contribution in [1.82, 2.24) is 0 Å². The molecule has 0 bridgehead atoms. The van der Waals surface area contributed by atoms with Crippen molar-refractivity contribution >= 4 is 21.6 Å². The summed E-state index contributed by atoms with van der Waals surface area (Å²) in [5.74, 6) is 0. The van der Waals surface area contributed by atoms with E-state index in [0.29, 0.717) is 12.6 Å². The van der Waals surface area contributed by atoms with Gasteiger partial charge in [0, 0.05) is 29.4 Å². The Kier molecular flexibility index (Phi) is 4.65.